The van der Waals surface area contributed by atoms with Crippen LogP contribution in [-0.4, -0.2) is 67.4 Å². The van der Waals surface area contributed by atoms with Crippen molar-refractivity contribution in [1.29, 1.82) is 0 Å². The zero-order valence-corrected chi connectivity index (χ0v) is 20.1. The number of phenols is 1. The first-order valence-corrected chi connectivity index (χ1v) is 12.8. The van der Waals surface area contributed by atoms with Crippen LogP contribution in [0.1, 0.15) is 36.5 Å². The Labute approximate surface area is 198 Å². The Morgan fingerprint density at radius 1 is 1.18 bits per heavy atom. The molecule has 2 aromatic carbocycles. The average molecular weight is 496 g/mol. The Kier molecular flexibility index (Phi) is 6.57. The minimum atomic E-state index is -3.68. The number of carbonyl (C=O) groups is 1. The normalized spacial score (nSPS) is 20.5. The lowest BCUT2D eigenvalue weighted by molar-refractivity contribution is 0.0718. The van der Waals surface area contributed by atoms with E-state index in [1.807, 2.05) is 11.8 Å². The van der Waals surface area contributed by atoms with E-state index in [9.17, 15) is 22.7 Å². The highest BCUT2D eigenvalue weighted by atomic mass is 35.5. The van der Waals surface area contributed by atoms with Crippen LogP contribution in [0.4, 0.5) is 10.1 Å². The van der Waals surface area contributed by atoms with Crippen LogP contribution in [0.15, 0.2) is 41.3 Å². The van der Waals surface area contributed by atoms with Gasteiger partial charge in [-0.3, -0.25) is 4.79 Å². The number of amides is 1. The number of hydrogen-bond acceptors (Lipinski definition) is 5. The van der Waals surface area contributed by atoms with Crippen LogP contribution in [0.5, 0.6) is 5.75 Å². The summed E-state index contributed by atoms with van der Waals surface area (Å²) in [6.07, 6.45) is 2.30. The molecule has 2 aromatic rings. The molecule has 33 heavy (non-hydrogen) atoms. The number of carbonyl (C=O) groups excluding carboxylic acids is 1. The number of anilines is 1. The second-order valence-corrected chi connectivity index (χ2v) is 11.1. The minimum absolute atomic E-state index is 0.00495. The van der Waals surface area contributed by atoms with E-state index >= 15 is 0 Å². The van der Waals surface area contributed by atoms with Gasteiger partial charge in [-0.05, 0) is 55.7 Å². The molecule has 2 atom stereocenters. The zero-order valence-electron chi connectivity index (χ0n) is 18.5. The molecule has 2 unspecified atom stereocenters. The third kappa shape index (κ3) is 4.41. The van der Waals surface area contributed by atoms with Crippen molar-refractivity contribution < 1.29 is 22.7 Å². The van der Waals surface area contributed by atoms with Crippen molar-refractivity contribution in [2.75, 3.05) is 31.6 Å². The molecular weight excluding hydrogens is 469 g/mol. The summed E-state index contributed by atoms with van der Waals surface area (Å²) >= 11 is 6.09. The van der Waals surface area contributed by atoms with E-state index < -0.39 is 15.8 Å². The lowest BCUT2D eigenvalue weighted by Crippen LogP contribution is -2.55. The lowest BCUT2D eigenvalue weighted by Gasteiger charge is -2.42. The molecule has 10 heteroatoms. The third-order valence-electron chi connectivity index (χ3n) is 6.40. The summed E-state index contributed by atoms with van der Waals surface area (Å²) < 4.78 is 40.6. The molecule has 0 aromatic heterocycles. The number of aromatic hydroxyl groups is 1. The highest BCUT2D eigenvalue weighted by molar-refractivity contribution is 7.89. The maximum absolute atomic E-state index is 13.4. The largest absolute Gasteiger partial charge is 0.506 e. The van der Waals surface area contributed by atoms with Crippen molar-refractivity contribution in [3.63, 3.8) is 0 Å². The van der Waals surface area contributed by atoms with Gasteiger partial charge < -0.3 is 14.9 Å². The van der Waals surface area contributed by atoms with E-state index in [0.29, 0.717) is 31.7 Å². The quantitative estimate of drug-likeness (QED) is 0.660. The molecule has 2 heterocycles. The number of hydrogen-bond donors (Lipinski definition) is 1. The van der Waals surface area contributed by atoms with Crippen LogP contribution in [-0.2, 0) is 10.0 Å². The third-order valence-corrected chi connectivity index (χ3v) is 8.57. The second kappa shape index (κ2) is 9.12. The van der Waals surface area contributed by atoms with Gasteiger partial charge in [0.1, 0.15) is 11.6 Å². The lowest BCUT2D eigenvalue weighted by atomic mass is 10.1. The van der Waals surface area contributed by atoms with Gasteiger partial charge in [-0.1, -0.05) is 18.5 Å². The van der Waals surface area contributed by atoms with E-state index in [4.69, 9.17) is 11.6 Å². The summed E-state index contributed by atoms with van der Waals surface area (Å²) in [5.41, 5.74) is 0.709. The van der Waals surface area contributed by atoms with Crippen molar-refractivity contribution in [2.45, 2.75) is 43.2 Å². The number of fused-ring (bicyclic) bond motifs is 2. The SMILES string of the molecule is CCCN(C)S(=O)(=O)c1ccc(O)c(N2C3CCC2CN(C(=O)c2ccc(F)cc2Cl)C3)c1. The number of rotatable bonds is 6. The summed E-state index contributed by atoms with van der Waals surface area (Å²) in [5.74, 6) is -0.764. The molecule has 0 saturated carbocycles. The standard InChI is InChI=1S/C23H27ClFN3O4S/c1-3-10-26(2)33(31,32)18-7-9-22(29)21(12-18)28-16-5-6-17(28)14-27(13-16)23(30)19-8-4-15(25)11-20(19)24/h4,7-9,11-12,16-17,29H,3,5-6,10,13-14H2,1-2H3. The molecule has 2 saturated heterocycles. The van der Waals surface area contributed by atoms with Gasteiger partial charge in [0, 0.05) is 38.8 Å². The first-order chi connectivity index (χ1) is 15.6. The highest BCUT2D eigenvalue weighted by Crippen LogP contribution is 2.41. The number of likely N-dealkylation sites (tertiary alicyclic amines) is 1. The smallest absolute Gasteiger partial charge is 0.255 e. The van der Waals surface area contributed by atoms with Gasteiger partial charge in [0.05, 0.1) is 21.2 Å². The molecule has 2 fully saturated rings. The summed E-state index contributed by atoms with van der Waals surface area (Å²) in [7, 11) is -2.13. The summed E-state index contributed by atoms with van der Waals surface area (Å²) in [4.78, 5) is 16.9. The van der Waals surface area contributed by atoms with E-state index in [1.54, 1.807) is 11.9 Å². The molecular formula is C23H27ClFN3O4S. The van der Waals surface area contributed by atoms with Crippen LogP contribution in [0.25, 0.3) is 0 Å². The minimum Gasteiger partial charge on any atom is -0.506 e. The number of benzene rings is 2. The number of piperazine rings is 1. The fourth-order valence-electron chi connectivity index (χ4n) is 4.78. The van der Waals surface area contributed by atoms with Gasteiger partial charge in [-0.25, -0.2) is 17.1 Å². The maximum Gasteiger partial charge on any atom is 0.255 e. The van der Waals surface area contributed by atoms with Crippen LogP contribution in [0.3, 0.4) is 0 Å². The molecule has 7 nitrogen and oxygen atoms in total. The fourth-order valence-corrected chi connectivity index (χ4v) is 6.31. The highest BCUT2D eigenvalue weighted by Gasteiger charge is 2.43. The van der Waals surface area contributed by atoms with Gasteiger partial charge in [0.2, 0.25) is 10.0 Å². The number of phenolic OH excluding ortho intramolecular Hbond substituents is 1. The van der Waals surface area contributed by atoms with Crippen molar-refractivity contribution >= 4 is 33.2 Å². The van der Waals surface area contributed by atoms with Crippen LogP contribution in [0.2, 0.25) is 5.02 Å². The fraction of sp³-hybridized carbons (Fsp3) is 0.435. The van der Waals surface area contributed by atoms with Gasteiger partial charge >= 0.3 is 0 Å². The van der Waals surface area contributed by atoms with Crippen molar-refractivity contribution in [1.82, 2.24) is 9.21 Å². The van der Waals surface area contributed by atoms with Gasteiger partial charge in [0.15, 0.2) is 0 Å². The summed E-state index contributed by atoms with van der Waals surface area (Å²) in [6, 6.07) is 7.92. The Balaban J connectivity index is 1.60. The van der Waals surface area contributed by atoms with Crippen molar-refractivity contribution in [3.8, 4) is 5.75 Å². The van der Waals surface area contributed by atoms with Crippen molar-refractivity contribution in [3.05, 3.63) is 52.8 Å². The molecule has 2 aliphatic rings. The molecule has 2 bridgehead atoms. The monoisotopic (exact) mass is 495 g/mol. The number of halogens is 2. The van der Waals surface area contributed by atoms with E-state index in [0.717, 1.165) is 18.9 Å². The predicted molar refractivity (Wildman–Crippen MR) is 125 cm³/mol. The Morgan fingerprint density at radius 3 is 2.45 bits per heavy atom. The van der Waals surface area contributed by atoms with Crippen LogP contribution < -0.4 is 4.90 Å². The van der Waals surface area contributed by atoms with Crippen molar-refractivity contribution in [2.24, 2.45) is 0 Å². The maximum atomic E-state index is 13.4. The van der Waals surface area contributed by atoms with Crippen LogP contribution in [0, 0.1) is 5.82 Å². The Morgan fingerprint density at radius 2 is 1.85 bits per heavy atom. The first-order valence-electron chi connectivity index (χ1n) is 11.0. The van der Waals surface area contributed by atoms with Gasteiger partial charge in [-0.2, -0.15) is 0 Å². The Bertz CT molecular complexity index is 1160. The molecule has 1 N–H and O–H groups in total. The molecule has 1 amide bonds. The van der Waals surface area contributed by atoms with Gasteiger partial charge in [0.25, 0.3) is 5.91 Å². The molecule has 2 aliphatic heterocycles. The molecule has 178 valence electrons. The summed E-state index contributed by atoms with van der Waals surface area (Å²) in [5, 5.41) is 10.7. The molecule has 0 aliphatic carbocycles. The predicted octanol–water partition coefficient (Wildman–Crippen LogP) is 3.71. The van der Waals surface area contributed by atoms with E-state index in [-0.39, 0.29) is 39.2 Å². The topological polar surface area (TPSA) is 81.2 Å². The van der Waals surface area contributed by atoms with E-state index in [1.165, 1.54) is 34.6 Å². The number of nitrogens with zero attached hydrogens (tertiary/aromatic N) is 3. The van der Waals surface area contributed by atoms with Gasteiger partial charge in [-0.15, -0.1) is 0 Å². The molecule has 4 rings (SSSR count). The zero-order chi connectivity index (χ0) is 23.9. The summed E-state index contributed by atoms with van der Waals surface area (Å²) in [6.45, 7) is 3.10. The number of sulfonamides is 1. The Hall–Kier alpha value is -2.36. The average Bonchev–Trinajstić information content (AvgIpc) is 3.02. The first kappa shape index (κ1) is 23.8. The van der Waals surface area contributed by atoms with Crippen LogP contribution >= 0.6 is 11.6 Å². The second-order valence-electron chi connectivity index (χ2n) is 8.60. The van der Waals surface area contributed by atoms with E-state index in [2.05, 4.69) is 0 Å². The molecule has 0 radical (unpaired) electrons. The molecule has 0 spiro atoms.